The summed E-state index contributed by atoms with van der Waals surface area (Å²) in [6.07, 6.45) is 4.08. The van der Waals surface area contributed by atoms with Crippen molar-refractivity contribution in [3.05, 3.63) is 84.4 Å². The number of nitrogens with zero attached hydrogens (tertiary/aromatic N) is 3. The van der Waals surface area contributed by atoms with Gasteiger partial charge in [-0.3, -0.25) is 9.69 Å². The number of amides is 1. The van der Waals surface area contributed by atoms with Gasteiger partial charge in [-0.15, -0.1) is 11.7 Å². The highest BCUT2D eigenvalue weighted by Crippen LogP contribution is 2.29. The first kappa shape index (κ1) is 17.2. The second-order valence-electron chi connectivity index (χ2n) is 5.57. The molecule has 1 atom stereocenters. The van der Waals surface area contributed by atoms with Crippen LogP contribution in [0.2, 0.25) is 0 Å². The second-order valence-corrected chi connectivity index (χ2v) is 6.74. The number of thioether (sulfide) groups is 1. The van der Waals surface area contributed by atoms with Crippen LogP contribution >= 0.6 is 11.8 Å². The summed E-state index contributed by atoms with van der Waals surface area (Å²) in [6, 6.07) is 19.8. The minimum atomic E-state index is -0.173. The fourth-order valence-electron chi connectivity index (χ4n) is 2.53. The predicted molar refractivity (Wildman–Crippen MR) is 105 cm³/mol. The zero-order valence-electron chi connectivity index (χ0n) is 13.8. The molecular weight excluding hydrogens is 330 g/mol. The topological polar surface area (TPSA) is 45.0 Å². The van der Waals surface area contributed by atoms with Crippen LogP contribution in [0.25, 0.3) is 0 Å². The lowest BCUT2D eigenvalue weighted by Gasteiger charge is -2.12. The summed E-state index contributed by atoms with van der Waals surface area (Å²) < 4.78 is 0. The third-order valence-electron chi connectivity index (χ3n) is 3.75. The molecule has 1 aliphatic rings. The van der Waals surface area contributed by atoms with Crippen molar-refractivity contribution in [1.29, 1.82) is 0 Å². The quantitative estimate of drug-likeness (QED) is 0.453. The first-order valence-corrected chi connectivity index (χ1v) is 8.95. The minimum Gasteiger partial charge on any atom is -0.285 e. The Morgan fingerprint density at radius 3 is 2.44 bits per heavy atom. The third-order valence-corrected chi connectivity index (χ3v) is 4.91. The molecule has 0 spiro atoms. The summed E-state index contributed by atoms with van der Waals surface area (Å²) in [5.41, 5.74) is 2.11. The van der Waals surface area contributed by atoms with E-state index in [2.05, 4.69) is 16.8 Å². The number of amidine groups is 1. The van der Waals surface area contributed by atoms with Gasteiger partial charge in [0.25, 0.3) is 0 Å². The Labute approximate surface area is 152 Å². The molecule has 0 saturated carbocycles. The molecular formula is C20H19N3OS. The Balaban J connectivity index is 1.75. The molecule has 0 aromatic heterocycles. The Morgan fingerprint density at radius 1 is 1.08 bits per heavy atom. The van der Waals surface area contributed by atoms with Crippen molar-refractivity contribution in [1.82, 2.24) is 4.90 Å². The largest absolute Gasteiger partial charge is 0.285 e. The summed E-state index contributed by atoms with van der Waals surface area (Å²) in [6.45, 7) is 4.17. The molecule has 0 radical (unpaired) electrons. The summed E-state index contributed by atoms with van der Waals surface area (Å²) in [4.78, 5) is 14.3. The van der Waals surface area contributed by atoms with Crippen LogP contribution in [0.5, 0.6) is 0 Å². The van der Waals surface area contributed by atoms with Gasteiger partial charge >= 0.3 is 0 Å². The van der Waals surface area contributed by atoms with Crippen molar-refractivity contribution in [2.45, 2.75) is 11.7 Å². The maximum atomic E-state index is 12.7. The highest BCUT2D eigenvalue weighted by molar-refractivity contribution is 8.15. The first-order chi connectivity index (χ1) is 12.3. The number of rotatable bonds is 6. The van der Waals surface area contributed by atoms with Gasteiger partial charge in [-0.05, 0) is 17.5 Å². The van der Waals surface area contributed by atoms with E-state index in [-0.39, 0.29) is 11.2 Å². The van der Waals surface area contributed by atoms with Crippen molar-refractivity contribution >= 4 is 29.1 Å². The molecule has 0 N–H and O–H groups in total. The van der Waals surface area contributed by atoms with E-state index in [0.717, 1.165) is 11.1 Å². The smallest absolute Gasteiger partial charge is 0.242 e. The van der Waals surface area contributed by atoms with Gasteiger partial charge in [-0.25, -0.2) is 0 Å². The second kappa shape index (κ2) is 8.44. The van der Waals surface area contributed by atoms with E-state index in [1.807, 2.05) is 60.7 Å². The number of benzene rings is 2. The van der Waals surface area contributed by atoms with Gasteiger partial charge in [0.2, 0.25) is 5.91 Å². The molecule has 25 heavy (non-hydrogen) atoms. The summed E-state index contributed by atoms with van der Waals surface area (Å²) in [5.74, 6) is 0.0578. The average molecular weight is 349 g/mol. The standard InChI is InChI=1S/C20H19N3OS/c1-2-13-23-19(24)18(14-16-9-5-3-6-10-16)25-20(23)22-21-15-17-11-7-4-8-12-17/h2-12,15,18H,1,13-14H2/b21-15-,22-20-/t18-/m1/s1. The third kappa shape index (κ3) is 4.45. The highest BCUT2D eigenvalue weighted by atomic mass is 32.2. The normalized spacial score (nSPS) is 19.0. The molecule has 5 heteroatoms. The van der Waals surface area contributed by atoms with Crippen molar-refractivity contribution in [3.8, 4) is 0 Å². The van der Waals surface area contributed by atoms with Gasteiger partial charge in [-0.1, -0.05) is 78.5 Å². The van der Waals surface area contributed by atoms with Crippen LogP contribution < -0.4 is 0 Å². The van der Waals surface area contributed by atoms with Crippen LogP contribution in [0.1, 0.15) is 11.1 Å². The van der Waals surface area contributed by atoms with Crippen LogP contribution in [0.3, 0.4) is 0 Å². The molecule has 4 nitrogen and oxygen atoms in total. The zero-order valence-corrected chi connectivity index (χ0v) is 14.6. The molecule has 1 heterocycles. The van der Waals surface area contributed by atoms with Crippen LogP contribution in [0.15, 0.2) is 83.5 Å². The predicted octanol–water partition coefficient (Wildman–Crippen LogP) is 3.75. The van der Waals surface area contributed by atoms with Crippen LogP contribution in [0.4, 0.5) is 0 Å². The maximum Gasteiger partial charge on any atom is 0.242 e. The van der Waals surface area contributed by atoms with Gasteiger partial charge in [0.05, 0.1) is 11.5 Å². The van der Waals surface area contributed by atoms with Crippen LogP contribution in [-0.2, 0) is 11.2 Å². The highest BCUT2D eigenvalue weighted by Gasteiger charge is 2.37. The fourth-order valence-corrected chi connectivity index (χ4v) is 3.67. The molecule has 0 unspecified atom stereocenters. The van der Waals surface area contributed by atoms with E-state index >= 15 is 0 Å². The zero-order chi connectivity index (χ0) is 17.5. The molecule has 1 fully saturated rings. The van der Waals surface area contributed by atoms with E-state index in [1.54, 1.807) is 17.2 Å². The van der Waals surface area contributed by atoms with Gasteiger partial charge in [0.15, 0.2) is 5.17 Å². The van der Waals surface area contributed by atoms with Crippen molar-refractivity contribution in [3.63, 3.8) is 0 Å². The van der Waals surface area contributed by atoms with E-state index in [1.165, 1.54) is 11.8 Å². The molecule has 1 saturated heterocycles. The van der Waals surface area contributed by atoms with Crippen LogP contribution in [0, 0.1) is 0 Å². The molecule has 2 aromatic rings. The van der Waals surface area contributed by atoms with Crippen LogP contribution in [-0.4, -0.2) is 34.0 Å². The summed E-state index contributed by atoms with van der Waals surface area (Å²) in [5, 5.41) is 8.86. The van der Waals surface area contributed by atoms with Gasteiger partial charge in [0, 0.05) is 6.54 Å². The van der Waals surface area contributed by atoms with E-state index < -0.39 is 0 Å². The number of hydrogen-bond acceptors (Lipinski definition) is 4. The van der Waals surface area contributed by atoms with Crippen molar-refractivity contribution in [2.24, 2.45) is 10.2 Å². The molecule has 1 aliphatic heterocycles. The van der Waals surface area contributed by atoms with E-state index in [0.29, 0.717) is 18.1 Å². The molecule has 0 aliphatic carbocycles. The van der Waals surface area contributed by atoms with Gasteiger partial charge in [0.1, 0.15) is 0 Å². The Morgan fingerprint density at radius 2 is 1.76 bits per heavy atom. The summed E-state index contributed by atoms with van der Waals surface area (Å²) >= 11 is 1.46. The SMILES string of the molecule is C=CCN1C(=O)[C@@H](Cc2ccccc2)S/C1=N\N=C/c1ccccc1. The van der Waals surface area contributed by atoms with Crippen molar-refractivity contribution in [2.75, 3.05) is 6.54 Å². The number of carbonyl (C=O) groups is 1. The molecule has 1 amide bonds. The lowest BCUT2D eigenvalue weighted by Crippen LogP contribution is -2.32. The monoisotopic (exact) mass is 349 g/mol. The van der Waals surface area contributed by atoms with Gasteiger partial charge in [-0.2, -0.15) is 5.10 Å². The molecule has 2 aromatic carbocycles. The number of carbonyl (C=O) groups excluding carboxylic acids is 1. The lowest BCUT2D eigenvalue weighted by molar-refractivity contribution is -0.125. The summed E-state index contributed by atoms with van der Waals surface area (Å²) in [7, 11) is 0. The lowest BCUT2D eigenvalue weighted by atomic mass is 10.1. The molecule has 3 rings (SSSR count). The fraction of sp³-hybridized carbons (Fsp3) is 0.150. The maximum absolute atomic E-state index is 12.7. The van der Waals surface area contributed by atoms with Gasteiger partial charge < -0.3 is 0 Å². The Hall–Kier alpha value is -2.66. The van der Waals surface area contributed by atoms with E-state index in [4.69, 9.17) is 0 Å². The Bertz CT molecular complexity index is 787. The number of hydrogen-bond donors (Lipinski definition) is 0. The molecule has 126 valence electrons. The van der Waals surface area contributed by atoms with Crippen molar-refractivity contribution < 1.29 is 4.79 Å². The minimum absolute atomic E-state index is 0.0578. The first-order valence-electron chi connectivity index (χ1n) is 8.07. The van der Waals surface area contributed by atoms with E-state index in [9.17, 15) is 4.79 Å². The average Bonchev–Trinajstić information content (AvgIpc) is 2.93. The molecule has 0 bridgehead atoms. The Kier molecular flexibility index (Phi) is 5.80.